The van der Waals surface area contributed by atoms with Gasteiger partial charge >= 0.3 is 6.03 Å². The molecule has 0 saturated carbocycles. The molecule has 0 aliphatic carbocycles. The number of aryl methyl sites for hydroxylation is 1. The van der Waals surface area contributed by atoms with Crippen molar-refractivity contribution in [1.29, 1.82) is 0 Å². The van der Waals surface area contributed by atoms with Gasteiger partial charge in [0.1, 0.15) is 5.84 Å². The first-order valence-electron chi connectivity index (χ1n) is 11.7. The maximum Gasteiger partial charge on any atom is 0.347 e. The lowest BCUT2D eigenvalue weighted by Crippen LogP contribution is -2.42. The first kappa shape index (κ1) is 23.2. The number of urea groups is 1. The number of nitrogens with two attached hydrogens (primary N) is 1. The van der Waals surface area contributed by atoms with E-state index in [0.29, 0.717) is 5.84 Å². The van der Waals surface area contributed by atoms with E-state index in [1.807, 2.05) is 25.1 Å². The minimum Gasteiger partial charge on any atom is -0.387 e. The van der Waals surface area contributed by atoms with Gasteiger partial charge in [-0.3, -0.25) is 4.98 Å². The third-order valence-corrected chi connectivity index (χ3v) is 6.54. The van der Waals surface area contributed by atoms with E-state index in [1.165, 1.54) is 25.7 Å². The molecule has 1 aliphatic heterocycles. The molecule has 0 spiro atoms. The average molecular weight is 424 g/mol. The molecule has 2 atom stereocenters. The average Bonchev–Trinajstić information content (AvgIpc) is 2.78. The summed E-state index contributed by atoms with van der Waals surface area (Å²) in [5.74, 6) is 1.40. The minimum absolute atomic E-state index is 0.142. The number of fused-ring (bicyclic) bond motifs is 1. The topological polar surface area (TPSA) is 83.6 Å². The number of aromatic nitrogens is 1. The van der Waals surface area contributed by atoms with E-state index in [4.69, 9.17) is 5.73 Å². The van der Waals surface area contributed by atoms with Crippen molar-refractivity contribution in [3.63, 3.8) is 0 Å². The molecule has 2 amide bonds. The predicted octanol–water partition coefficient (Wildman–Crippen LogP) is 5.36. The van der Waals surface area contributed by atoms with E-state index in [2.05, 4.69) is 34.0 Å². The fourth-order valence-electron chi connectivity index (χ4n) is 4.61. The van der Waals surface area contributed by atoms with Crippen molar-refractivity contribution in [1.82, 2.24) is 9.88 Å². The molecule has 1 aromatic carbocycles. The van der Waals surface area contributed by atoms with Crippen molar-refractivity contribution >= 4 is 28.3 Å². The summed E-state index contributed by atoms with van der Waals surface area (Å²) in [6.07, 6.45) is 10.7. The number of carbonyl (C=O) groups excluding carboxylic acids is 1. The lowest BCUT2D eigenvalue weighted by Gasteiger charge is -2.33. The van der Waals surface area contributed by atoms with Crippen LogP contribution in [0.2, 0.25) is 0 Å². The van der Waals surface area contributed by atoms with E-state index in [0.717, 1.165) is 60.4 Å². The molecule has 1 aromatic heterocycles. The summed E-state index contributed by atoms with van der Waals surface area (Å²) in [6.45, 7) is 9.64. The SMILES string of the molecule is CCCC(CC)CCN1CCCC(/C(N)=N/C(=O)Nc2c(C)ccc3cnccc23)C1. The van der Waals surface area contributed by atoms with Gasteiger partial charge in [0.15, 0.2) is 0 Å². The van der Waals surface area contributed by atoms with Crippen LogP contribution in [0.4, 0.5) is 10.5 Å². The summed E-state index contributed by atoms with van der Waals surface area (Å²) < 4.78 is 0. The lowest BCUT2D eigenvalue weighted by atomic mass is 9.94. The predicted molar refractivity (Wildman–Crippen MR) is 130 cm³/mol. The number of rotatable bonds is 8. The van der Waals surface area contributed by atoms with Gasteiger partial charge in [0.05, 0.1) is 5.69 Å². The second-order valence-electron chi connectivity index (χ2n) is 8.81. The van der Waals surface area contributed by atoms with Crippen LogP contribution in [0.1, 0.15) is 57.9 Å². The second-order valence-corrected chi connectivity index (χ2v) is 8.81. The number of carbonyl (C=O) groups is 1. The molecule has 31 heavy (non-hydrogen) atoms. The number of hydrogen-bond acceptors (Lipinski definition) is 3. The Morgan fingerprint density at radius 1 is 1.32 bits per heavy atom. The zero-order valence-corrected chi connectivity index (χ0v) is 19.2. The number of hydrogen-bond donors (Lipinski definition) is 2. The number of amides is 2. The molecule has 1 fully saturated rings. The summed E-state index contributed by atoms with van der Waals surface area (Å²) in [5, 5.41) is 4.89. The Labute approximate surface area is 186 Å². The number of amidine groups is 1. The first-order valence-corrected chi connectivity index (χ1v) is 11.7. The molecule has 0 bridgehead atoms. The molecule has 3 rings (SSSR count). The highest BCUT2D eigenvalue weighted by Gasteiger charge is 2.24. The number of nitrogens with zero attached hydrogens (tertiary/aromatic N) is 3. The highest BCUT2D eigenvalue weighted by atomic mass is 16.2. The van der Waals surface area contributed by atoms with Crippen molar-refractivity contribution in [3.8, 4) is 0 Å². The smallest absolute Gasteiger partial charge is 0.347 e. The molecule has 2 aromatic rings. The molecule has 3 N–H and O–H groups in total. The summed E-state index contributed by atoms with van der Waals surface area (Å²) in [6, 6.07) is 5.49. The highest BCUT2D eigenvalue weighted by molar-refractivity contribution is 6.06. The Bertz CT molecular complexity index is 910. The minimum atomic E-state index is -0.406. The fraction of sp³-hybridized carbons (Fsp3) is 0.560. The zero-order valence-electron chi connectivity index (χ0n) is 19.2. The molecule has 2 heterocycles. The van der Waals surface area contributed by atoms with Crippen molar-refractivity contribution in [2.45, 2.75) is 59.3 Å². The van der Waals surface area contributed by atoms with Crippen LogP contribution in [-0.4, -0.2) is 41.4 Å². The number of anilines is 1. The Hall–Kier alpha value is -2.47. The van der Waals surface area contributed by atoms with Crippen LogP contribution in [0.3, 0.4) is 0 Å². The largest absolute Gasteiger partial charge is 0.387 e. The standard InChI is InChI=1S/C25H37N5O/c1-4-7-19(5-2)12-15-30-14-6-8-21(17-30)24(26)29-25(31)28-23-18(3)9-10-20-16-27-13-11-22(20)23/h9-11,13,16,19,21H,4-8,12,14-15,17H2,1-3H3,(H3,26,28,29,31). The van der Waals surface area contributed by atoms with Crippen LogP contribution in [0.25, 0.3) is 10.8 Å². The number of likely N-dealkylation sites (tertiary alicyclic amines) is 1. The Kier molecular flexibility index (Phi) is 8.41. The molecule has 1 saturated heterocycles. The summed E-state index contributed by atoms with van der Waals surface area (Å²) in [7, 11) is 0. The molecule has 6 heteroatoms. The van der Waals surface area contributed by atoms with Crippen molar-refractivity contribution in [2.24, 2.45) is 22.6 Å². The van der Waals surface area contributed by atoms with Crippen LogP contribution in [-0.2, 0) is 0 Å². The van der Waals surface area contributed by atoms with Gasteiger partial charge in [-0.05, 0) is 56.8 Å². The van der Waals surface area contributed by atoms with E-state index in [9.17, 15) is 4.79 Å². The third-order valence-electron chi connectivity index (χ3n) is 6.54. The summed E-state index contributed by atoms with van der Waals surface area (Å²) >= 11 is 0. The molecule has 6 nitrogen and oxygen atoms in total. The van der Waals surface area contributed by atoms with Gasteiger partial charge in [0.2, 0.25) is 0 Å². The zero-order chi connectivity index (χ0) is 22.2. The number of nitrogens with one attached hydrogen (secondary N) is 1. The molecular formula is C25H37N5O. The van der Waals surface area contributed by atoms with Gasteiger partial charge in [-0.1, -0.05) is 45.2 Å². The molecular weight excluding hydrogens is 386 g/mol. The van der Waals surface area contributed by atoms with E-state index in [1.54, 1.807) is 12.4 Å². The van der Waals surface area contributed by atoms with Crippen LogP contribution in [0.15, 0.2) is 35.6 Å². The fourth-order valence-corrected chi connectivity index (χ4v) is 4.61. The monoisotopic (exact) mass is 423 g/mol. The lowest BCUT2D eigenvalue weighted by molar-refractivity contribution is 0.188. The third kappa shape index (κ3) is 6.26. The number of piperidine rings is 1. The molecule has 0 radical (unpaired) electrons. The Morgan fingerprint density at radius 2 is 2.16 bits per heavy atom. The van der Waals surface area contributed by atoms with Crippen LogP contribution in [0, 0.1) is 18.8 Å². The molecule has 1 aliphatic rings. The van der Waals surface area contributed by atoms with Crippen LogP contribution < -0.4 is 11.1 Å². The van der Waals surface area contributed by atoms with Gasteiger partial charge in [-0.25, -0.2) is 4.79 Å². The maximum absolute atomic E-state index is 12.7. The summed E-state index contributed by atoms with van der Waals surface area (Å²) in [5.41, 5.74) is 8.06. The van der Waals surface area contributed by atoms with Crippen LogP contribution >= 0.6 is 0 Å². The van der Waals surface area contributed by atoms with E-state index in [-0.39, 0.29) is 5.92 Å². The van der Waals surface area contributed by atoms with E-state index >= 15 is 0 Å². The Balaban J connectivity index is 1.62. The van der Waals surface area contributed by atoms with Crippen molar-refractivity contribution in [2.75, 3.05) is 25.0 Å². The van der Waals surface area contributed by atoms with Gasteiger partial charge in [-0.2, -0.15) is 4.99 Å². The highest BCUT2D eigenvalue weighted by Crippen LogP contribution is 2.27. The number of pyridine rings is 1. The van der Waals surface area contributed by atoms with Crippen molar-refractivity contribution < 1.29 is 4.79 Å². The van der Waals surface area contributed by atoms with Gasteiger partial charge in [0.25, 0.3) is 0 Å². The maximum atomic E-state index is 12.7. The molecule has 168 valence electrons. The summed E-state index contributed by atoms with van der Waals surface area (Å²) in [4.78, 5) is 23.5. The second kappa shape index (κ2) is 11.2. The number of aliphatic imine (C=N–C) groups is 1. The van der Waals surface area contributed by atoms with Gasteiger partial charge in [-0.15, -0.1) is 0 Å². The number of benzene rings is 1. The quantitative estimate of drug-likeness (QED) is 0.442. The van der Waals surface area contributed by atoms with Crippen molar-refractivity contribution in [3.05, 3.63) is 36.2 Å². The van der Waals surface area contributed by atoms with E-state index < -0.39 is 6.03 Å². The van der Waals surface area contributed by atoms with Gasteiger partial charge in [0, 0.05) is 35.6 Å². The molecule has 2 unspecified atom stereocenters. The van der Waals surface area contributed by atoms with Gasteiger partial charge < -0.3 is 16.0 Å². The normalized spacial score (nSPS) is 18.8. The first-order chi connectivity index (χ1) is 15.0. The van der Waals surface area contributed by atoms with Crippen LogP contribution in [0.5, 0.6) is 0 Å². The Morgan fingerprint density at radius 3 is 2.94 bits per heavy atom.